The first kappa shape index (κ1) is 22.1. The number of ether oxygens (including phenoxy) is 3. The number of pyridine rings is 2. The molecule has 1 aromatic carbocycles. The van der Waals surface area contributed by atoms with Crippen molar-refractivity contribution in [1.82, 2.24) is 9.97 Å². The monoisotopic (exact) mass is 421 g/mol. The number of rotatable bonds is 10. The summed E-state index contributed by atoms with van der Waals surface area (Å²) in [5.41, 5.74) is 1.40. The average molecular weight is 421 g/mol. The molecule has 0 aliphatic rings. The SMILES string of the molecule is COc1cc(C(=O)Nc2ncccc2OCc2ccncc2)ccc1OCCC(C)C. The van der Waals surface area contributed by atoms with Crippen LogP contribution < -0.4 is 19.5 Å². The van der Waals surface area contributed by atoms with Gasteiger partial charge in [-0.2, -0.15) is 0 Å². The molecule has 3 rings (SSSR count). The van der Waals surface area contributed by atoms with Crippen molar-refractivity contribution in [2.75, 3.05) is 19.0 Å². The van der Waals surface area contributed by atoms with Crippen molar-refractivity contribution in [3.63, 3.8) is 0 Å². The van der Waals surface area contributed by atoms with Gasteiger partial charge in [-0.15, -0.1) is 0 Å². The van der Waals surface area contributed by atoms with Crippen LogP contribution in [0.25, 0.3) is 0 Å². The van der Waals surface area contributed by atoms with Crippen LogP contribution in [-0.2, 0) is 6.61 Å². The number of hydrogen-bond acceptors (Lipinski definition) is 6. The number of carbonyl (C=O) groups is 1. The first-order chi connectivity index (χ1) is 15.1. The van der Waals surface area contributed by atoms with Crippen LogP contribution in [0.2, 0.25) is 0 Å². The maximum Gasteiger partial charge on any atom is 0.257 e. The second kappa shape index (κ2) is 11.0. The largest absolute Gasteiger partial charge is 0.493 e. The van der Waals surface area contributed by atoms with E-state index in [9.17, 15) is 4.79 Å². The average Bonchev–Trinajstić information content (AvgIpc) is 2.79. The Labute approximate surface area is 182 Å². The molecule has 7 nitrogen and oxygen atoms in total. The van der Waals surface area contributed by atoms with Crippen molar-refractivity contribution in [3.05, 3.63) is 72.2 Å². The van der Waals surface area contributed by atoms with Crippen molar-refractivity contribution in [2.24, 2.45) is 5.92 Å². The van der Waals surface area contributed by atoms with Gasteiger partial charge in [0.25, 0.3) is 5.91 Å². The van der Waals surface area contributed by atoms with Gasteiger partial charge in [-0.3, -0.25) is 9.78 Å². The highest BCUT2D eigenvalue weighted by Crippen LogP contribution is 2.29. The van der Waals surface area contributed by atoms with Crippen molar-refractivity contribution >= 4 is 11.7 Å². The number of hydrogen-bond donors (Lipinski definition) is 1. The Balaban J connectivity index is 1.68. The molecule has 0 bridgehead atoms. The van der Waals surface area contributed by atoms with Crippen LogP contribution in [0.5, 0.6) is 17.2 Å². The van der Waals surface area contributed by atoms with E-state index in [0.29, 0.717) is 47.8 Å². The minimum absolute atomic E-state index is 0.320. The molecule has 0 aliphatic carbocycles. The molecule has 0 aliphatic heterocycles. The summed E-state index contributed by atoms with van der Waals surface area (Å²) in [6.45, 7) is 5.21. The number of carbonyl (C=O) groups excluding carboxylic acids is 1. The van der Waals surface area contributed by atoms with E-state index in [1.54, 1.807) is 56.0 Å². The molecule has 0 radical (unpaired) electrons. The molecule has 162 valence electrons. The fraction of sp³-hybridized carbons (Fsp3) is 0.292. The molecule has 1 amide bonds. The van der Waals surface area contributed by atoms with Crippen LogP contribution in [0.3, 0.4) is 0 Å². The van der Waals surface area contributed by atoms with E-state index in [1.807, 2.05) is 12.1 Å². The van der Waals surface area contributed by atoms with Gasteiger partial charge in [-0.1, -0.05) is 13.8 Å². The summed E-state index contributed by atoms with van der Waals surface area (Å²) in [4.78, 5) is 21.1. The highest BCUT2D eigenvalue weighted by Gasteiger charge is 2.14. The van der Waals surface area contributed by atoms with Gasteiger partial charge in [0.15, 0.2) is 23.1 Å². The fourth-order valence-electron chi connectivity index (χ4n) is 2.75. The standard InChI is InChI=1S/C24H27N3O4/c1-17(2)10-14-30-20-7-6-19(15-22(20)29-3)24(28)27-23-21(5-4-11-26-23)31-16-18-8-12-25-13-9-18/h4-9,11-13,15,17H,10,14,16H2,1-3H3,(H,26,27,28). The highest BCUT2D eigenvalue weighted by atomic mass is 16.5. The summed E-state index contributed by atoms with van der Waals surface area (Å²) >= 11 is 0. The van der Waals surface area contributed by atoms with Crippen LogP contribution in [0, 0.1) is 5.92 Å². The molecule has 31 heavy (non-hydrogen) atoms. The lowest BCUT2D eigenvalue weighted by molar-refractivity contribution is 0.102. The van der Waals surface area contributed by atoms with E-state index >= 15 is 0 Å². The van der Waals surface area contributed by atoms with E-state index in [4.69, 9.17) is 14.2 Å². The van der Waals surface area contributed by atoms with Crippen LogP contribution >= 0.6 is 0 Å². The molecule has 0 saturated heterocycles. The van der Waals surface area contributed by atoms with Crippen molar-refractivity contribution in [1.29, 1.82) is 0 Å². The van der Waals surface area contributed by atoms with Gasteiger partial charge in [0, 0.05) is 24.2 Å². The summed E-state index contributed by atoms with van der Waals surface area (Å²) in [5.74, 6) is 2.17. The van der Waals surface area contributed by atoms with Crippen LogP contribution in [-0.4, -0.2) is 29.6 Å². The number of methoxy groups -OCH3 is 1. The number of anilines is 1. The van der Waals surface area contributed by atoms with Crippen molar-refractivity contribution in [2.45, 2.75) is 26.9 Å². The Morgan fingerprint density at radius 3 is 2.55 bits per heavy atom. The van der Waals surface area contributed by atoms with Gasteiger partial charge in [0.1, 0.15) is 6.61 Å². The lowest BCUT2D eigenvalue weighted by Gasteiger charge is -2.14. The predicted molar refractivity (Wildman–Crippen MR) is 119 cm³/mol. The molecule has 0 fully saturated rings. The fourth-order valence-corrected chi connectivity index (χ4v) is 2.75. The van der Waals surface area contributed by atoms with E-state index in [2.05, 4.69) is 29.1 Å². The first-order valence-electron chi connectivity index (χ1n) is 10.2. The lowest BCUT2D eigenvalue weighted by atomic mass is 10.1. The molecular formula is C24H27N3O4. The third-order valence-electron chi connectivity index (χ3n) is 4.52. The number of nitrogens with zero attached hydrogens (tertiary/aromatic N) is 2. The molecule has 7 heteroatoms. The summed E-state index contributed by atoms with van der Waals surface area (Å²) in [5, 5.41) is 2.81. The zero-order chi connectivity index (χ0) is 22.1. The second-order valence-electron chi connectivity index (χ2n) is 7.35. The summed E-state index contributed by atoms with van der Waals surface area (Å²) in [6.07, 6.45) is 5.94. The van der Waals surface area contributed by atoms with Gasteiger partial charge >= 0.3 is 0 Å². The number of aromatic nitrogens is 2. The zero-order valence-corrected chi connectivity index (χ0v) is 18.0. The first-order valence-corrected chi connectivity index (χ1v) is 10.2. The van der Waals surface area contributed by atoms with Crippen molar-refractivity contribution < 1.29 is 19.0 Å². The van der Waals surface area contributed by atoms with Gasteiger partial charge in [0.05, 0.1) is 13.7 Å². The van der Waals surface area contributed by atoms with E-state index in [0.717, 1.165) is 12.0 Å². The maximum absolute atomic E-state index is 12.8. The molecule has 2 heterocycles. The lowest BCUT2D eigenvalue weighted by Crippen LogP contribution is -2.14. The van der Waals surface area contributed by atoms with Gasteiger partial charge in [-0.05, 0) is 60.4 Å². The Hall–Kier alpha value is -3.61. The Morgan fingerprint density at radius 2 is 1.81 bits per heavy atom. The topological polar surface area (TPSA) is 82.6 Å². The number of benzene rings is 1. The summed E-state index contributed by atoms with van der Waals surface area (Å²) < 4.78 is 17.0. The maximum atomic E-state index is 12.8. The summed E-state index contributed by atoms with van der Waals surface area (Å²) in [7, 11) is 1.55. The third-order valence-corrected chi connectivity index (χ3v) is 4.52. The zero-order valence-electron chi connectivity index (χ0n) is 18.0. The quantitative estimate of drug-likeness (QED) is 0.509. The molecular weight excluding hydrogens is 394 g/mol. The molecule has 2 aromatic heterocycles. The van der Waals surface area contributed by atoms with E-state index < -0.39 is 0 Å². The van der Waals surface area contributed by atoms with Gasteiger partial charge < -0.3 is 19.5 Å². The minimum Gasteiger partial charge on any atom is -0.493 e. The minimum atomic E-state index is -0.320. The highest BCUT2D eigenvalue weighted by molar-refractivity contribution is 6.04. The van der Waals surface area contributed by atoms with E-state index in [-0.39, 0.29) is 5.91 Å². The van der Waals surface area contributed by atoms with Crippen LogP contribution in [0.1, 0.15) is 36.2 Å². The molecule has 3 aromatic rings. The van der Waals surface area contributed by atoms with E-state index in [1.165, 1.54) is 0 Å². The molecule has 0 unspecified atom stereocenters. The van der Waals surface area contributed by atoms with Crippen molar-refractivity contribution in [3.8, 4) is 17.2 Å². The third kappa shape index (κ3) is 6.44. The Kier molecular flexibility index (Phi) is 7.81. The predicted octanol–water partition coefficient (Wildman–Crippen LogP) is 4.74. The Morgan fingerprint density at radius 1 is 1.00 bits per heavy atom. The van der Waals surface area contributed by atoms with Crippen LogP contribution in [0.4, 0.5) is 5.82 Å². The molecule has 0 spiro atoms. The number of amides is 1. The molecule has 0 atom stereocenters. The van der Waals surface area contributed by atoms with Crippen LogP contribution in [0.15, 0.2) is 61.1 Å². The number of nitrogens with one attached hydrogen (secondary N) is 1. The normalized spacial score (nSPS) is 10.6. The smallest absolute Gasteiger partial charge is 0.257 e. The summed E-state index contributed by atoms with van der Waals surface area (Å²) in [6, 6.07) is 12.3. The molecule has 0 saturated carbocycles. The molecule has 1 N–H and O–H groups in total. The second-order valence-corrected chi connectivity index (χ2v) is 7.35. The van der Waals surface area contributed by atoms with Gasteiger partial charge in [-0.25, -0.2) is 4.98 Å². The van der Waals surface area contributed by atoms with Gasteiger partial charge in [0.2, 0.25) is 0 Å². The Bertz CT molecular complexity index is 993.